The second-order valence-corrected chi connectivity index (χ2v) is 11.4. The lowest BCUT2D eigenvalue weighted by Crippen LogP contribution is -2.19. The zero-order chi connectivity index (χ0) is 29.3. The molecular weight excluding hydrogens is 649 g/mol. The average Bonchev–Trinajstić information content (AvgIpc) is 3.30. The molecule has 5 rings (SSSR count). The Hall–Kier alpha value is -3.62. The van der Waals surface area contributed by atoms with Crippen LogP contribution >= 0.6 is 50.7 Å². The normalized spacial score (nSPS) is 11.3. The summed E-state index contributed by atoms with van der Waals surface area (Å²) in [6.45, 7) is 3.98. The van der Waals surface area contributed by atoms with Gasteiger partial charge in [0.1, 0.15) is 11.4 Å². The van der Waals surface area contributed by atoms with Crippen molar-refractivity contribution in [3.05, 3.63) is 120 Å². The van der Waals surface area contributed by atoms with Crippen LogP contribution in [0.3, 0.4) is 0 Å². The number of esters is 1. The molecule has 2 N–H and O–H groups in total. The highest BCUT2D eigenvalue weighted by atomic mass is 79.9. The number of carbonyl (C=O) groups is 2. The minimum absolute atomic E-state index is 0.159. The lowest BCUT2D eigenvalue weighted by Gasteiger charge is -2.09. The van der Waals surface area contributed by atoms with Gasteiger partial charge in [-0.25, -0.2) is 10.2 Å². The number of aryl methyl sites for hydroxylation is 2. The van der Waals surface area contributed by atoms with Crippen molar-refractivity contribution in [1.29, 1.82) is 0 Å². The molecule has 0 saturated heterocycles. The highest BCUT2D eigenvalue weighted by Gasteiger charge is 2.22. The summed E-state index contributed by atoms with van der Waals surface area (Å²) in [4.78, 5) is 29.5. The van der Waals surface area contributed by atoms with E-state index >= 15 is 0 Å². The number of ether oxygens (including phenoxy) is 1. The number of carbonyl (C=O) groups excluding carboxylic acids is 2. The molecule has 0 radical (unpaired) electrons. The molecule has 0 bridgehead atoms. The van der Waals surface area contributed by atoms with Gasteiger partial charge in [-0.05, 0) is 67.9 Å². The summed E-state index contributed by atoms with van der Waals surface area (Å²) < 4.78 is 6.31. The Kier molecular flexibility index (Phi) is 8.52. The second-order valence-electron chi connectivity index (χ2n) is 9.25. The van der Waals surface area contributed by atoms with E-state index in [1.807, 2.05) is 44.2 Å². The molecule has 0 atom stereocenters. The van der Waals surface area contributed by atoms with Crippen LogP contribution in [0.1, 0.15) is 37.5 Å². The summed E-state index contributed by atoms with van der Waals surface area (Å²) in [7, 11) is 0. The number of hydrazone groups is 1. The van der Waals surface area contributed by atoms with Gasteiger partial charge in [0.05, 0.1) is 16.8 Å². The number of aromatic amines is 1. The van der Waals surface area contributed by atoms with E-state index in [9.17, 15) is 9.59 Å². The van der Waals surface area contributed by atoms with E-state index in [2.05, 4.69) is 31.4 Å². The van der Waals surface area contributed by atoms with Crippen molar-refractivity contribution in [2.45, 2.75) is 13.8 Å². The molecule has 0 aliphatic carbocycles. The van der Waals surface area contributed by atoms with Crippen LogP contribution in [0.2, 0.25) is 15.1 Å². The van der Waals surface area contributed by atoms with E-state index < -0.39 is 11.9 Å². The second kappa shape index (κ2) is 12.1. The van der Waals surface area contributed by atoms with E-state index in [0.29, 0.717) is 26.9 Å². The minimum atomic E-state index is -0.666. The van der Waals surface area contributed by atoms with Crippen molar-refractivity contribution in [3.63, 3.8) is 0 Å². The molecule has 4 aromatic carbocycles. The average molecular weight is 670 g/mol. The Balaban J connectivity index is 1.45. The maximum Gasteiger partial charge on any atom is 0.345 e. The van der Waals surface area contributed by atoms with Crippen LogP contribution in [-0.4, -0.2) is 23.1 Å². The van der Waals surface area contributed by atoms with Crippen LogP contribution in [0.4, 0.5) is 0 Å². The molecule has 10 heteroatoms. The number of amides is 1. The fourth-order valence-electron chi connectivity index (χ4n) is 4.51. The maximum atomic E-state index is 13.5. The molecule has 0 aliphatic heterocycles. The minimum Gasteiger partial charge on any atom is -0.422 e. The smallest absolute Gasteiger partial charge is 0.345 e. The molecule has 1 aromatic heterocycles. The standard InChI is InChI=1S/C31H21BrCl3N3O3/c1-16-11-17(2)28-23(12-16)27(21-5-3-4-6-24(21)34)29(37-28)30(39)38-36-15-18-13-19(32)7-10-26(18)41-31(40)22-9-8-20(33)14-25(22)35/h3-15,37H,1-2H3,(H,38,39). The maximum absolute atomic E-state index is 13.5. The summed E-state index contributed by atoms with van der Waals surface area (Å²) in [6, 6.07) is 20.9. The van der Waals surface area contributed by atoms with E-state index in [1.165, 1.54) is 18.3 Å². The van der Waals surface area contributed by atoms with E-state index in [1.54, 1.807) is 30.3 Å². The number of halogens is 4. The molecular formula is C31H21BrCl3N3O3. The van der Waals surface area contributed by atoms with Gasteiger partial charge in [0, 0.05) is 42.1 Å². The van der Waals surface area contributed by atoms with Crippen molar-refractivity contribution in [3.8, 4) is 16.9 Å². The molecule has 206 valence electrons. The summed E-state index contributed by atoms with van der Waals surface area (Å²) in [5, 5.41) is 6.13. The van der Waals surface area contributed by atoms with Gasteiger partial charge in [-0.2, -0.15) is 5.10 Å². The molecule has 6 nitrogen and oxygen atoms in total. The number of hydrogen-bond acceptors (Lipinski definition) is 4. The van der Waals surface area contributed by atoms with Crippen molar-refractivity contribution in [1.82, 2.24) is 10.4 Å². The highest BCUT2D eigenvalue weighted by molar-refractivity contribution is 9.10. The summed E-state index contributed by atoms with van der Waals surface area (Å²) in [5.41, 5.74) is 7.79. The van der Waals surface area contributed by atoms with Crippen LogP contribution in [0.25, 0.3) is 22.0 Å². The van der Waals surface area contributed by atoms with Crippen molar-refractivity contribution in [2.75, 3.05) is 0 Å². The van der Waals surface area contributed by atoms with Gasteiger partial charge in [0.2, 0.25) is 0 Å². The van der Waals surface area contributed by atoms with Gasteiger partial charge in [0.25, 0.3) is 5.91 Å². The molecule has 1 amide bonds. The molecule has 0 spiro atoms. The van der Waals surface area contributed by atoms with Gasteiger partial charge in [-0.15, -0.1) is 0 Å². The summed E-state index contributed by atoms with van der Waals surface area (Å²) in [6.07, 6.45) is 1.39. The molecule has 0 saturated carbocycles. The number of nitrogens with one attached hydrogen (secondary N) is 2. The van der Waals surface area contributed by atoms with Gasteiger partial charge in [0.15, 0.2) is 0 Å². The third kappa shape index (κ3) is 6.19. The topological polar surface area (TPSA) is 83.6 Å². The summed E-state index contributed by atoms with van der Waals surface area (Å²) >= 11 is 22.1. The number of hydrogen-bond donors (Lipinski definition) is 2. The fraction of sp³-hybridized carbons (Fsp3) is 0.0645. The van der Waals surface area contributed by atoms with Crippen molar-refractivity contribution in [2.24, 2.45) is 5.10 Å². The number of rotatable bonds is 6. The number of fused-ring (bicyclic) bond motifs is 1. The number of H-pyrrole nitrogens is 1. The predicted octanol–water partition coefficient (Wildman–Crippen LogP) is 9.16. The zero-order valence-electron chi connectivity index (χ0n) is 21.7. The number of benzene rings is 4. The zero-order valence-corrected chi connectivity index (χ0v) is 25.5. The van der Waals surface area contributed by atoms with Crippen LogP contribution in [-0.2, 0) is 0 Å². The Labute approximate surface area is 259 Å². The SMILES string of the molecule is Cc1cc(C)c2[nH]c(C(=O)NN=Cc3cc(Br)ccc3OC(=O)c3ccc(Cl)cc3Cl)c(-c3ccccc3Cl)c2c1. The fourth-order valence-corrected chi connectivity index (χ4v) is 5.60. The van der Waals surface area contributed by atoms with Gasteiger partial charge in [-0.3, -0.25) is 4.79 Å². The number of nitrogens with zero attached hydrogens (tertiary/aromatic N) is 1. The van der Waals surface area contributed by atoms with Crippen LogP contribution < -0.4 is 10.2 Å². The first-order chi connectivity index (χ1) is 19.6. The first-order valence-electron chi connectivity index (χ1n) is 12.3. The molecule has 5 aromatic rings. The van der Waals surface area contributed by atoms with E-state index in [-0.39, 0.29) is 16.3 Å². The van der Waals surface area contributed by atoms with Crippen molar-refractivity contribution >= 4 is 79.7 Å². The Bertz CT molecular complexity index is 1870. The summed E-state index contributed by atoms with van der Waals surface area (Å²) in [5.74, 6) is -0.914. The Morgan fingerprint density at radius 3 is 2.49 bits per heavy atom. The first kappa shape index (κ1) is 28.9. The predicted molar refractivity (Wildman–Crippen MR) is 169 cm³/mol. The van der Waals surface area contributed by atoms with E-state index in [4.69, 9.17) is 39.5 Å². The Morgan fingerprint density at radius 2 is 1.73 bits per heavy atom. The van der Waals surface area contributed by atoms with Gasteiger partial charge < -0.3 is 9.72 Å². The highest BCUT2D eigenvalue weighted by Crippen LogP contribution is 2.38. The quantitative estimate of drug-likeness (QED) is 0.0819. The van der Waals surface area contributed by atoms with Gasteiger partial charge >= 0.3 is 5.97 Å². The molecule has 0 aliphatic rings. The first-order valence-corrected chi connectivity index (χ1v) is 14.2. The van der Waals surface area contributed by atoms with Gasteiger partial charge in [-0.1, -0.05) is 80.6 Å². The molecule has 41 heavy (non-hydrogen) atoms. The Morgan fingerprint density at radius 1 is 0.951 bits per heavy atom. The third-order valence-electron chi connectivity index (χ3n) is 6.31. The van der Waals surface area contributed by atoms with E-state index in [0.717, 1.165) is 32.1 Å². The molecule has 0 fully saturated rings. The van der Waals surface area contributed by atoms with Crippen molar-refractivity contribution < 1.29 is 14.3 Å². The molecule has 1 heterocycles. The third-order valence-corrected chi connectivity index (χ3v) is 7.69. The molecule has 0 unspecified atom stereocenters. The number of aromatic nitrogens is 1. The largest absolute Gasteiger partial charge is 0.422 e. The van der Waals surface area contributed by atoms with Crippen LogP contribution in [0.5, 0.6) is 5.75 Å². The van der Waals surface area contributed by atoms with Crippen LogP contribution in [0, 0.1) is 13.8 Å². The monoisotopic (exact) mass is 667 g/mol. The lowest BCUT2D eigenvalue weighted by molar-refractivity contribution is 0.0734. The lowest BCUT2D eigenvalue weighted by atomic mass is 9.99. The van der Waals surface area contributed by atoms with Crippen LogP contribution in [0.15, 0.2) is 82.4 Å².